The molecular formula is C21H15Cl2NO5. The summed E-state index contributed by atoms with van der Waals surface area (Å²) in [5.41, 5.74) is 1.47. The molecular weight excluding hydrogens is 417 g/mol. The second-order valence-corrected chi connectivity index (χ2v) is 6.81. The average Bonchev–Trinajstić information content (AvgIpc) is 2.70. The fourth-order valence-corrected chi connectivity index (χ4v) is 3.16. The van der Waals surface area contributed by atoms with Gasteiger partial charge in [0.25, 0.3) is 5.91 Å². The lowest BCUT2D eigenvalue weighted by molar-refractivity contribution is -0.135. The number of ether oxygens (including phenoxy) is 1. The number of phenolic OH excluding ortho intramolecular Hbond substituents is 1. The zero-order valence-electron chi connectivity index (χ0n) is 14.9. The van der Waals surface area contributed by atoms with Crippen LogP contribution in [0.1, 0.15) is 10.4 Å². The second-order valence-electron chi connectivity index (χ2n) is 5.99. The first-order valence-electron chi connectivity index (χ1n) is 8.40. The molecule has 8 heteroatoms. The van der Waals surface area contributed by atoms with Crippen molar-refractivity contribution in [2.45, 2.75) is 0 Å². The number of aliphatic carboxylic acids is 1. The molecule has 0 saturated heterocycles. The average molecular weight is 432 g/mol. The van der Waals surface area contributed by atoms with Gasteiger partial charge in [0.15, 0.2) is 5.75 Å². The highest BCUT2D eigenvalue weighted by Crippen LogP contribution is 2.40. The van der Waals surface area contributed by atoms with E-state index in [4.69, 9.17) is 33.0 Å². The van der Waals surface area contributed by atoms with E-state index in [1.165, 1.54) is 18.2 Å². The monoisotopic (exact) mass is 431 g/mol. The van der Waals surface area contributed by atoms with Gasteiger partial charge in [0, 0.05) is 11.1 Å². The zero-order valence-corrected chi connectivity index (χ0v) is 16.4. The molecule has 3 N–H and O–H groups in total. The summed E-state index contributed by atoms with van der Waals surface area (Å²) in [5, 5.41) is 21.2. The number of aromatic hydroxyl groups is 1. The molecule has 6 nitrogen and oxygen atoms in total. The number of nitrogens with one attached hydrogen (secondary N) is 1. The fourth-order valence-electron chi connectivity index (χ4n) is 2.59. The molecule has 148 valence electrons. The minimum atomic E-state index is -1.17. The first-order valence-corrected chi connectivity index (χ1v) is 9.16. The fraction of sp³-hybridized carbons (Fsp3) is 0.0476. The summed E-state index contributed by atoms with van der Waals surface area (Å²) in [6.07, 6.45) is 0. The molecule has 3 aromatic carbocycles. The van der Waals surface area contributed by atoms with Crippen molar-refractivity contribution in [3.05, 3.63) is 76.3 Å². The molecule has 0 saturated carbocycles. The summed E-state index contributed by atoms with van der Waals surface area (Å²) in [4.78, 5) is 22.6. The third-order valence-electron chi connectivity index (χ3n) is 3.93. The lowest BCUT2D eigenvalue weighted by Crippen LogP contribution is -2.29. The van der Waals surface area contributed by atoms with Gasteiger partial charge in [-0.25, -0.2) is 0 Å². The lowest BCUT2D eigenvalue weighted by atomic mass is 10.0. The molecule has 0 heterocycles. The Morgan fingerprint density at radius 3 is 2.24 bits per heavy atom. The number of hydrogen-bond acceptors (Lipinski definition) is 4. The van der Waals surface area contributed by atoms with Gasteiger partial charge in [0.1, 0.15) is 18.0 Å². The smallest absolute Gasteiger partial charge is 0.322 e. The Morgan fingerprint density at radius 2 is 1.62 bits per heavy atom. The van der Waals surface area contributed by atoms with Gasteiger partial charge in [-0.05, 0) is 35.9 Å². The summed E-state index contributed by atoms with van der Waals surface area (Å²) in [7, 11) is 0. The molecule has 3 rings (SSSR count). The van der Waals surface area contributed by atoms with Crippen LogP contribution in [-0.2, 0) is 4.79 Å². The minimum Gasteiger partial charge on any atom is -0.507 e. The number of carboxylic acids is 1. The largest absolute Gasteiger partial charge is 0.507 e. The van der Waals surface area contributed by atoms with Crippen LogP contribution in [0.3, 0.4) is 0 Å². The van der Waals surface area contributed by atoms with Crippen molar-refractivity contribution in [2.24, 2.45) is 0 Å². The number of carboxylic acid groups (broad SMARTS) is 1. The number of hydrogen-bond donors (Lipinski definition) is 3. The van der Waals surface area contributed by atoms with Crippen LogP contribution in [-0.4, -0.2) is 28.6 Å². The van der Waals surface area contributed by atoms with Crippen LogP contribution >= 0.6 is 23.2 Å². The maximum Gasteiger partial charge on any atom is 0.322 e. The minimum absolute atomic E-state index is 0.0762. The number of phenols is 1. The van der Waals surface area contributed by atoms with E-state index in [9.17, 15) is 14.7 Å². The van der Waals surface area contributed by atoms with E-state index in [1.54, 1.807) is 12.1 Å². The molecule has 0 spiro atoms. The summed E-state index contributed by atoms with van der Waals surface area (Å²) in [6, 6.07) is 16.6. The Morgan fingerprint density at radius 1 is 0.966 bits per heavy atom. The Kier molecular flexibility index (Phi) is 6.26. The standard InChI is InChI=1S/C21H15Cl2NO5/c22-16-8-13(21(28)24-11-19(26)27)9-17(23)20(16)29-14-6-7-18(25)15(10-14)12-4-2-1-3-5-12/h1-10,25H,11H2,(H,24,28)(H,26,27). The van der Waals surface area contributed by atoms with Crippen LogP contribution in [0.5, 0.6) is 17.2 Å². The summed E-state index contributed by atoms with van der Waals surface area (Å²) >= 11 is 12.4. The van der Waals surface area contributed by atoms with Crippen LogP contribution in [0.2, 0.25) is 10.0 Å². The molecule has 3 aromatic rings. The Labute approximate surface area is 176 Å². The Balaban J connectivity index is 1.87. The first-order chi connectivity index (χ1) is 13.8. The number of benzene rings is 3. The van der Waals surface area contributed by atoms with E-state index < -0.39 is 18.4 Å². The van der Waals surface area contributed by atoms with Crippen LogP contribution in [0.4, 0.5) is 0 Å². The predicted molar refractivity (Wildman–Crippen MR) is 110 cm³/mol. The number of carbonyl (C=O) groups is 2. The molecule has 29 heavy (non-hydrogen) atoms. The number of rotatable bonds is 6. The van der Waals surface area contributed by atoms with Crippen molar-refractivity contribution in [3.8, 4) is 28.4 Å². The zero-order chi connectivity index (χ0) is 21.0. The van der Waals surface area contributed by atoms with Crippen molar-refractivity contribution in [3.63, 3.8) is 0 Å². The van der Waals surface area contributed by atoms with Gasteiger partial charge in [0.2, 0.25) is 0 Å². The van der Waals surface area contributed by atoms with Crippen molar-refractivity contribution in [1.82, 2.24) is 5.32 Å². The molecule has 0 aromatic heterocycles. The van der Waals surface area contributed by atoms with E-state index >= 15 is 0 Å². The van der Waals surface area contributed by atoms with Crippen molar-refractivity contribution < 1.29 is 24.5 Å². The molecule has 0 radical (unpaired) electrons. The molecule has 0 unspecified atom stereocenters. The van der Waals surface area contributed by atoms with Crippen LogP contribution < -0.4 is 10.1 Å². The molecule has 0 bridgehead atoms. The molecule has 0 aliphatic rings. The second kappa shape index (κ2) is 8.86. The maximum atomic E-state index is 12.0. The normalized spacial score (nSPS) is 10.4. The van der Waals surface area contributed by atoms with Crippen LogP contribution in [0.25, 0.3) is 11.1 Å². The van der Waals surface area contributed by atoms with Crippen molar-refractivity contribution >= 4 is 35.1 Å². The van der Waals surface area contributed by atoms with Gasteiger partial charge in [-0.1, -0.05) is 53.5 Å². The molecule has 0 aliphatic heterocycles. The molecule has 0 fully saturated rings. The predicted octanol–water partition coefficient (Wildman–Crippen LogP) is 4.97. The van der Waals surface area contributed by atoms with Crippen molar-refractivity contribution in [2.75, 3.05) is 6.54 Å². The lowest BCUT2D eigenvalue weighted by Gasteiger charge is -2.13. The van der Waals surface area contributed by atoms with Gasteiger partial charge in [-0.3, -0.25) is 9.59 Å². The maximum absolute atomic E-state index is 12.0. The van der Waals surface area contributed by atoms with E-state index in [2.05, 4.69) is 5.32 Å². The third kappa shape index (κ3) is 4.99. The number of amides is 1. The number of halogens is 2. The highest BCUT2D eigenvalue weighted by Gasteiger charge is 2.16. The Hall–Kier alpha value is -3.22. The van der Waals surface area contributed by atoms with E-state index in [1.807, 2.05) is 30.3 Å². The third-order valence-corrected chi connectivity index (χ3v) is 4.49. The Bertz CT molecular complexity index is 1050. The van der Waals surface area contributed by atoms with E-state index in [-0.39, 0.29) is 27.1 Å². The van der Waals surface area contributed by atoms with Gasteiger partial charge in [-0.15, -0.1) is 0 Å². The van der Waals surface area contributed by atoms with Gasteiger partial charge in [0.05, 0.1) is 10.0 Å². The molecule has 0 atom stereocenters. The van der Waals surface area contributed by atoms with E-state index in [0.29, 0.717) is 11.3 Å². The topological polar surface area (TPSA) is 95.9 Å². The highest BCUT2D eigenvalue weighted by molar-refractivity contribution is 6.37. The molecule has 1 amide bonds. The van der Waals surface area contributed by atoms with Crippen LogP contribution in [0.15, 0.2) is 60.7 Å². The SMILES string of the molecule is O=C(O)CNC(=O)c1cc(Cl)c(Oc2ccc(O)c(-c3ccccc3)c2)c(Cl)c1. The summed E-state index contributed by atoms with van der Waals surface area (Å²) in [6.45, 7) is -0.526. The summed E-state index contributed by atoms with van der Waals surface area (Å²) in [5.74, 6) is -1.19. The van der Waals surface area contributed by atoms with Crippen LogP contribution in [0, 0.1) is 0 Å². The molecule has 0 aliphatic carbocycles. The van der Waals surface area contributed by atoms with Gasteiger partial charge in [-0.2, -0.15) is 0 Å². The quantitative estimate of drug-likeness (QED) is 0.511. The number of carbonyl (C=O) groups excluding carboxylic acids is 1. The summed E-state index contributed by atoms with van der Waals surface area (Å²) < 4.78 is 5.79. The highest BCUT2D eigenvalue weighted by atomic mass is 35.5. The van der Waals surface area contributed by atoms with Crippen molar-refractivity contribution in [1.29, 1.82) is 0 Å². The first kappa shape index (κ1) is 20.5. The van der Waals surface area contributed by atoms with E-state index in [0.717, 1.165) is 5.56 Å². The van der Waals surface area contributed by atoms with Gasteiger partial charge < -0.3 is 20.3 Å². The van der Waals surface area contributed by atoms with Gasteiger partial charge >= 0.3 is 5.97 Å².